The van der Waals surface area contributed by atoms with Crippen molar-refractivity contribution in [2.75, 3.05) is 6.54 Å². The molecular formula is C15H23ClN2O. The lowest BCUT2D eigenvalue weighted by molar-refractivity contribution is 0.0952. The van der Waals surface area contributed by atoms with Crippen LogP contribution < -0.4 is 5.32 Å². The molecule has 1 heterocycles. The summed E-state index contributed by atoms with van der Waals surface area (Å²) in [5.74, 6) is 0.646. The molecule has 3 nitrogen and oxygen atoms in total. The van der Waals surface area contributed by atoms with Crippen molar-refractivity contribution >= 4 is 17.5 Å². The molecule has 0 aliphatic heterocycles. The molecule has 1 aromatic rings. The minimum Gasteiger partial charge on any atom is -0.352 e. The fourth-order valence-electron chi connectivity index (χ4n) is 1.87. The van der Waals surface area contributed by atoms with Gasteiger partial charge in [0.05, 0.1) is 10.6 Å². The summed E-state index contributed by atoms with van der Waals surface area (Å²) in [5.41, 5.74) is 0.448. The molecule has 1 aromatic heterocycles. The van der Waals surface area contributed by atoms with Gasteiger partial charge in [-0.15, -0.1) is 0 Å². The number of unbranched alkanes of at least 4 members (excludes halogenated alkanes) is 3. The summed E-state index contributed by atoms with van der Waals surface area (Å²) in [6, 6.07) is 1.63. The maximum absolute atomic E-state index is 11.8. The van der Waals surface area contributed by atoms with Crippen molar-refractivity contribution in [1.29, 1.82) is 0 Å². The first-order valence-electron chi connectivity index (χ1n) is 6.99. The van der Waals surface area contributed by atoms with Crippen molar-refractivity contribution in [3.05, 3.63) is 29.0 Å². The molecular weight excluding hydrogens is 260 g/mol. The van der Waals surface area contributed by atoms with E-state index in [1.54, 1.807) is 12.3 Å². The van der Waals surface area contributed by atoms with Crippen LogP contribution in [0.1, 0.15) is 56.3 Å². The predicted molar refractivity (Wildman–Crippen MR) is 79.5 cm³/mol. The van der Waals surface area contributed by atoms with E-state index >= 15 is 0 Å². The first-order chi connectivity index (χ1) is 9.11. The molecule has 106 valence electrons. The Morgan fingerprint density at radius 2 is 2.05 bits per heavy atom. The lowest BCUT2D eigenvalue weighted by Gasteiger charge is -2.07. The SMILES string of the molecule is CC(C)CCCCCCNC(=O)c1cnccc1Cl. The molecule has 0 saturated heterocycles. The second-order valence-corrected chi connectivity index (χ2v) is 5.62. The van der Waals surface area contributed by atoms with E-state index in [0.29, 0.717) is 17.1 Å². The van der Waals surface area contributed by atoms with E-state index in [1.165, 1.54) is 25.5 Å². The Morgan fingerprint density at radius 3 is 2.74 bits per heavy atom. The first-order valence-corrected chi connectivity index (χ1v) is 7.36. The van der Waals surface area contributed by atoms with E-state index in [4.69, 9.17) is 11.6 Å². The molecule has 0 bridgehead atoms. The number of rotatable bonds is 8. The van der Waals surface area contributed by atoms with E-state index in [-0.39, 0.29) is 5.91 Å². The van der Waals surface area contributed by atoms with Gasteiger partial charge in [-0.3, -0.25) is 9.78 Å². The monoisotopic (exact) mass is 282 g/mol. The molecule has 0 spiro atoms. The highest BCUT2D eigenvalue weighted by Crippen LogP contribution is 2.13. The number of pyridine rings is 1. The Kier molecular flexibility index (Phi) is 7.49. The van der Waals surface area contributed by atoms with Gasteiger partial charge in [-0.1, -0.05) is 51.1 Å². The molecule has 0 aliphatic carbocycles. The highest BCUT2D eigenvalue weighted by Gasteiger charge is 2.08. The van der Waals surface area contributed by atoms with Crippen LogP contribution in [-0.4, -0.2) is 17.4 Å². The Labute approximate surface area is 120 Å². The number of amides is 1. The van der Waals surface area contributed by atoms with Gasteiger partial charge >= 0.3 is 0 Å². The molecule has 19 heavy (non-hydrogen) atoms. The van der Waals surface area contributed by atoms with Crippen molar-refractivity contribution in [2.24, 2.45) is 5.92 Å². The van der Waals surface area contributed by atoms with Crippen molar-refractivity contribution in [1.82, 2.24) is 10.3 Å². The van der Waals surface area contributed by atoms with Gasteiger partial charge in [0.25, 0.3) is 5.91 Å². The van der Waals surface area contributed by atoms with E-state index < -0.39 is 0 Å². The molecule has 1 N–H and O–H groups in total. The van der Waals surface area contributed by atoms with E-state index in [9.17, 15) is 4.79 Å². The summed E-state index contributed by atoms with van der Waals surface area (Å²) in [6.45, 7) is 5.20. The zero-order valence-corrected chi connectivity index (χ0v) is 12.5. The molecule has 0 unspecified atom stereocenters. The highest BCUT2D eigenvalue weighted by atomic mass is 35.5. The largest absolute Gasteiger partial charge is 0.352 e. The average Bonchev–Trinajstić information content (AvgIpc) is 2.37. The van der Waals surface area contributed by atoms with Gasteiger partial charge in [0.15, 0.2) is 0 Å². The van der Waals surface area contributed by atoms with E-state index in [1.807, 2.05) is 0 Å². The normalized spacial score (nSPS) is 10.7. The number of aromatic nitrogens is 1. The molecule has 0 aliphatic rings. The number of nitrogens with one attached hydrogen (secondary N) is 1. The third-order valence-electron chi connectivity index (χ3n) is 3.01. The summed E-state index contributed by atoms with van der Waals surface area (Å²) < 4.78 is 0. The number of hydrogen-bond acceptors (Lipinski definition) is 2. The summed E-state index contributed by atoms with van der Waals surface area (Å²) in [5, 5.41) is 3.32. The van der Waals surface area contributed by atoms with Crippen molar-refractivity contribution < 1.29 is 4.79 Å². The molecule has 0 radical (unpaired) electrons. The maximum Gasteiger partial charge on any atom is 0.254 e. The standard InChI is InChI=1S/C15H23ClN2O/c1-12(2)7-5-3-4-6-9-18-15(19)13-11-17-10-8-14(13)16/h8,10-12H,3-7,9H2,1-2H3,(H,18,19). The number of carbonyl (C=O) groups is 1. The van der Waals surface area contributed by atoms with Crippen LogP contribution in [0.15, 0.2) is 18.5 Å². The van der Waals surface area contributed by atoms with Gasteiger partial charge in [-0.05, 0) is 18.4 Å². The summed E-state index contributed by atoms with van der Waals surface area (Å²) >= 11 is 5.93. The predicted octanol–water partition coefficient (Wildman–Crippen LogP) is 4.07. The Hall–Kier alpha value is -1.09. The van der Waals surface area contributed by atoms with Crippen molar-refractivity contribution in [2.45, 2.75) is 46.0 Å². The first kappa shape index (κ1) is 16.0. The van der Waals surface area contributed by atoms with Gasteiger partial charge in [0.2, 0.25) is 0 Å². The van der Waals surface area contributed by atoms with Crippen LogP contribution in [0.25, 0.3) is 0 Å². The zero-order valence-electron chi connectivity index (χ0n) is 11.8. The number of halogens is 1. The second-order valence-electron chi connectivity index (χ2n) is 5.21. The molecule has 0 saturated carbocycles. The maximum atomic E-state index is 11.8. The Morgan fingerprint density at radius 1 is 1.32 bits per heavy atom. The zero-order chi connectivity index (χ0) is 14.1. The fraction of sp³-hybridized carbons (Fsp3) is 0.600. The Balaban J connectivity index is 2.13. The average molecular weight is 283 g/mol. The molecule has 1 amide bonds. The lowest BCUT2D eigenvalue weighted by atomic mass is 10.0. The lowest BCUT2D eigenvalue weighted by Crippen LogP contribution is -2.24. The van der Waals surface area contributed by atoms with Gasteiger partial charge in [-0.2, -0.15) is 0 Å². The minimum absolute atomic E-state index is 0.139. The van der Waals surface area contributed by atoms with Crippen LogP contribution in [0, 0.1) is 5.92 Å². The van der Waals surface area contributed by atoms with Crippen molar-refractivity contribution in [3.8, 4) is 0 Å². The fourth-order valence-corrected chi connectivity index (χ4v) is 2.06. The van der Waals surface area contributed by atoms with Crippen LogP contribution in [0.2, 0.25) is 5.02 Å². The van der Waals surface area contributed by atoms with Gasteiger partial charge in [0.1, 0.15) is 0 Å². The van der Waals surface area contributed by atoms with E-state index in [2.05, 4.69) is 24.1 Å². The number of hydrogen-bond donors (Lipinski definition) is 1. The third kappa shape index (κ3) is 6.58. The molecule has 0 fully saturated rings. The van der Waals surface area contributed by atoms with E-state index in [0.717, 1.165) is 18.8 Å². The number of nitrogens with zero attached hydrogens (tertiary/aromatic N) is 1. The minimum atomic E-state index is -0.139. The van der Waals surface area contributed by atoms with Crippen LogP contribution in [-0.2, 0) is 0 Å². The summed E-state index contributed by atoms with van der Waals surface area (Å²) in [7, 11) is 0. The Bertz CT molecular complexity index is 393. The van der Waals surface area contributed by atoms with Crippen LogP contribution >= 0.6 is 11.6 Å². The summed E-state index contributed by atoms with van der Waals surface area (Å²) in [6.07, 6.45) is 9.06. The van der Waals surface area contributed by atoms with Crippen LogP contribution in [0.4, 0.5) is 0 Å². The molecule has 4 heteroatoms. The van der Waals surface area contributed by atoms with Gasteiger partial charge < -0.3 is 5.32 Å². The van der Waals surface area contributed by atoms with Crippen LogP contribution in [0.5, 0.6) is 0 Å². The van der Waals surface area contributed by atoms with Gasteiger partial charge in [-0.25, -0.2) is 0 Å². The van der Waals surface area contributed by atoms with Crippen molar-refractivity contribution in [3.63, 3.8) is 0 Å². The van der Waals surface area contributed by atoms with Gasteiger partial charge in [0, 0.05) is 18.9 Å². The smallest absolute Gasteiger partial charge is 0.254 e. The molecule has 1 rings (SSSR count). The summed E-state index contributed by atoms with van der Waals surface area (Å²) in [4.78, 5) is 15.7. The third-order valence-corrected chi connectivity index (χ3v) is 3.34. The molecule has 0 aromatic carbocycles. The van der Waals surface area contributed by atoms with Crippen LogP contribution in [0.3, 0.4) is 0 Å². The number of carbonyl (C=O) groups excluding carboxylic acids is 1. The molecule has 0 atom stereocenters. The quantitative estimate of drug-likeness (QED) is 0.730. The topological polar surface area (TPSA) is 42.0 Å². The second kappa shape index (κ2) is 8.92. The highest BCUT2D eigenvalue weighted by molar-refractivity contribution is 6.33.